The number of esters is 1. The fourth-order valence-corrected chi connectivity index (χ4v) is 4.64. The minimum atomic E-state index is -0.992. The highest BCUT2D eigenvalue weighted by molar-refractivity contribution is 5.86. The summed E-state index contributed by atoms with van der Waals surface area (Å²) in [4.78, 5) is 25.9. The van der Waals surface area contributed by atoms with Crippen LogP contribution < -0.4 is 10.6 Å². The van der Waals surface area contributed by atoms with Crippen LogP contribution in [0.25, 0.3) is 0 Å². The largest absolute Gasteiger partial charge is 0.458 e. The van der Waals surface area contributed by atoms with E-state index in [4.69, 9.17) is 9.47 Å². The molecule has 1 amide bonds. The van der Waals surface area contributed by atoms with Crippen LogP contribution in [0.5, 0.6) is 0 Å². The predicted molar refractivity (Wildman–Crippen MR) is 116 cm³/mol. The molecule has 0 spiro atoms. The molecule has 1 aliphatic carbocycles. The zero-order chi connectivity index (χ0) is 22.9. The summed E-state index contributed by atoms with van der Waals surface area (Å²) in [5, 5.41) is 6.37. The van der Waals surface area contributed by atoms with Crippen molar-refractivity contribution in [1.29, 1.82) is 0 Å². The third kappa shape index (κ3) is 5.63. The maximum atomic E-state index is 14.2. The van der Waals surface area contributed by atoms with Crippen LogP contribution in [-0.2, 0) is 25.5 Å². The molecule has 1 saturated heterocycles. The van der Waals surface area contributed by atoms with Gasteiger partial charge in [0.1, 0.15) is 17.5 Å². The molecule has 3 rings (SSSR count). The molecule has 0 bridgehead atoms. The quantitative estimate of drug-likeness (QED) is 0.616. The Balaban J connectivity index is 1.70. The molecule has 2 fully saturated rings. The summed E-state index contributed by atoms with van der Waals surface area (Å²) >= 11 is 0. The summed E-state index contributed by atoms with van der Waals surface area (Å²) < 4.78 is 25.4. The summed E-state index contributed by atoms with van der Waals surface area (Å²) in [7, 11) is 1.61. The first-order valence-corrected chi connectivity index (χ1v) is 11.1. The first-order valence-electron chi connectivity index (χ1n) is 11.1. The fraction of sp³-hybridized carbons (Fsp3) is 0.667. The van der Waals surface area contributed by atoms with Gasteiger partial charge in [-0.25, -0.2) is 9.18 Å². The van der Waals surface area contributed by atoms with Crippen LogP contribution in [0.3, 0.4) is 0 Å². The Labute approximate surface area is 184 Å². The normalized spacial score (nSPS) is 27.7. The van der Waals surface area contributed by atoms with Gasteiger partial charge in [0.15, 0.2) is 0 Å². The van der Waals surface area contributed by atoms with E-state index in [0.29, 0.717) is 23.4 Å². The number of halogens is 1. The van der Waals surface area contributed by atoms with E-state index in [1.807, 2.05) is 0 Å². The topological polar surface area (TPSA) is 76.7 Å². The molecular weight excluding hydrogens is 399 g/mol. The van der Waals surface area contributed by atoms with Crippen molar-refractivity contribution in [2.45, 2.75) is 77.3 Å². The predicted octanol–water partition coefficient (Wildman–Crippen LogP) is 2.84. The number of carbonyl (C=O) groups is 2. The highest BCUT2D eigenvalue weighted by Gasteiger charge is 2.55. The molecule has 0 radical (unpaired) electrons. The number of nitrogens with one attached hydrogen (secondary N) is 2. The summed E-state index contributed by atoms with van der Waals surface area (Å²) in [5.74, 6) is -0.477. The van der Waals surface area contributed by atoms with Crippen molar-refractivity contribution in [3.05, 3.63) is 35.6 Å². The van der Waals surface area contributed by atoms with Crippen LogP contribution in [0, 0.1) is 23.6 Å². The van der Waals surface area contributed by atoms with Gasteiger partial charge in [-0.3, -0.25) is 4.79 Å². The first-order chi connectivity index (χ1) is 14.5. The molecule has 1 aromatic carbocycles. The Kier molecular flexibility index (Phi) is 7.06. The number of methoxy groups -OCH3 is 1. The monoisotopic (exact) mass is 434 g/mol. The maximum Gasteiger partial charge on any atom is 0.329 e. The molecule has 2 aliphatic rings. The highest BCUT2D eigenvalue weighted by atomic mass is 19.1. The molecule has 1 heterocycles. The lowest BCUT2D eigenvalue weighted by molar-refractivity contribution is -0.159. The third-order valence-electron chi connectivity index (χ3n) is 6.46. The van der Waals surface area contributed by atoms with Gasteiger partial charge in [-0.15, -0.1) is 0 Å². The van der Waals surface area contributed by atoms with E-state index in [2.05, 4.69) is 17.6 Å². The zero-order valence-electron chi connectivity index (χ0n) is 19.3. The smallest absolute Gasteiger partial charge is 0.329 e. The average Bonchev–Trinajstić information content (AvgIpc) is 3.09. The summed E-state index contributed by atoms with van der Waals surface area (Å²) in [6, 6.07) is 5.85. The Hall–Kier alpha value is -1.99. The van der Waals surface area contributed by atoms with Crippen molar-refractivity contribution in [3.8, 4) is 0 Å². The van der Waals surface area contributed by atoms with Gasteiger partial charge in [-0.1, -0.05) is 32.0 Å². The number of benzene rings is 1. The van der Waals surface area contributed by atoms with Crippen molar-refractivity contribution in [1.82, 2.24) is 10.6 Å². The molecule has 0 unspecified atom stereocenters. The van der Waals surface area contributed by atoms with E-state index in [1.54, 1.807) is 53.0 Å². The Morgan fingerprint density at radius 2 is 1.97 bits per heavy atom. The molecule has 1 aromatic rings. The molecule has 1 aliphatic heterocycles. The van der Waals surface area contributed by atoms with E-state index in [-0.39, 0.29) is 24.5 Å². The van der Waals surface area contributed by atoms with E-state index in [9.17, 15) is 14.0 Å². The number of rotatable bonds is 8. The number of fused-ring (bicyclic) bond motifs is 1. The lowest BCUT2D eigenvalue weighted by Gasteiger charge is -2.31. The third-order valence-corrected chi connectivity index (χ3v) is 6.46. The minimum absolute atomic E-state index is 0.0149. The Morgan fingerprint density at radius 1 is 1.29 bits per heavy atom. The number of hydrogen-bond acceptors (Lipinski definition) is 5. The van der Waals surface area contributed by atoms with Gasteiger partial charge in [0, 0.05) is 25.6 Å². The highest BCUT2D eigenvalue weighted by Crippen LogP contribution is 2.48. The van der Waals surface area contributed by atoms with Crippen LogP contribution in [0.1, 0.15) is 46.6 Å². The standard InChI is InChI=1S/C24H35FN2O4/c1-13-16-12-18(26-20(13)16)21(30-6)14(2)22(28)27-19(23(29)31-24(3,4)5)11-15-9-7-8-10-17(15)25/h7-10,13-14,16,18-21,26H,11-12H2,1-6H3,(H,27,28)/t13-,14+,16+,18-,19-,20-,21+/m0/s1. The van der Waals surface area contributed by atoms with Gasteiger partial charge in [0.05, 0.1) is 12.0 Å². The second-order valence-corrected chi connectivity index (χ2v) is 9.94. The van der Waals surface area contributed by atoms with Crippen molar-refractivity contribution in [2.24, 2.45) is 17.8 Å². The van der Waals surface area contributed by atoms with E-state index >= 15 is 0 Å². The van der Waals surface area contributed by atoms with Crippen molar-refractivity contribution < 1.29 is 23.5 Å². The molecule has 7 atom stereocenters. The molecule has 31 heavy (non-hydrogen) atoms. The maximum absolute atomic E-state index is 14.2. The van der Waals surface area contributed by atoms with Crippen LogP contribution in [0.2, 0.25) is 0 Å². The van der Waals surface area contributed by atoms with Gasteiger partial charge < -0.3 is 20.1 Å². The lowest BCUT2D eigenvalue weighted by Crippen LogP contribution is -2.52. The summed E-state index contributed by atoms with van der Waals surface area (Å²) in [6.07, 6.45) is 0.681. The number of amides is 1. The van der Waals surface area contributed by atoms with Crippen molar-refractivity contribution >= 4 is 11.9 Å². The first kappa shape index (κ1) is 23.7. The van der Waals surface area contributed by atoms with Crippen molar-refractivity contribution in [3.63, 3.8) is 0 Å². The second-order valence-electron chi connectivity index (χ2n) is 9.94. The van der Waals surface area contributed by atoms with Gasteiger partial charge in [-0.05, 0) is 50.7 Å². The number of ether oxygens (including phenoxy) is 2. The van der Waals surface area contributed by atoms with Crippen LogP contribution in [0.15, 0.2) is 24.3 Å². The molecule has 7 heteroatoms. The molecule has 0 aromatic heterocycles. The lowest BCUT2D eigenvalue weighted by atomic mass is 9.93. The van der Waals surface area contributed by atoms with E-state index in [0.717, 1.165) is 6.42 Å². The van der Waals surface area contributed by atoms with Crippen LogP contribution in [-0.4, -0.2) is 48.8 Å². The Morgan fingerprint density at radius 3 is 2.52 bits per heavy atom. The Bertz CT molecular complexity index is 797. The van der Waals surface area contributed by atoms with Gasteiger partial charge in [0.25, 0.3) is 0 Å². The van der Waals surface area contributed by atoms with Gasteiger partial charge in [0.2, 0.25) is 5.91 Å². The summed E-state index contributed by atoms with van der Waals surface area (Å²) in [5.41, 5.74) is -0.372. The number of hydrogen-bond donors (Lipinski definition) is 2. The molecule has 6 nitrogen and oxygen atoms in total. The van der Waals surface area contributed by atoms with Gasteiger partial charge in [-0.2, -0.15) is 0 Å². The van der Waals surface area contributed by atoms with E-state index < -0.39 is 29.3 Å². The molecule has 2 N–H and O–H groups in total. The average molecular weight is 435 g/mol. The molecule has 172 valence electrons. The van der Waals surface area contributed by atoms with Crippen LogP contribution >= 0.6 is 0 Å². The molecule has 1 saturated carbocycles. The SMILES string of the molecule is CO[C@@H]([C@@H]1C[C@@H]2[C@H](C)[C@@H]2N1)[C@@H](C)C(=O)N[C@@H](Cc1ccccc1F)C(=O)OC(C)(C)C. The van der Waals surface area contributed by atoms with E-state index in [1.165, 1.54) is 6.07 Å². The number of piperidine rings is 1. The van der Waals surface area contributed by atoms with Crippen LogP contribution in [0.4, 0.5) is 4.39 Å². The molecular formula is C24H35FN2O4. The zero-order valence-corrected chi connectivity index (χ0v) is 19.3. The van der Waals surface area contributed by atoms with Gasteiger partial charge >= 0.3 is 5.97 Å². The fourth-order valence-electron chi connectivity index (χ4n) is 4.64. The van der Waals surface area contributed by atoms with Crippen molar-refractivity contribution in [2.75, 3.05) is 7.11 Å². The minimum Gasteiger partial charge on any atom is -0.458 e. The second kappa shape index (κ2) is 9.25. The number of carbonyl (C=O) groups excluding carboxylic acids is 2. The summed E-state index contributed by atoms with van der Waals surface area (Å²) in [6.45, 7) is 9.30.